The Hall–Kier alpha value is -4.15. The number of amides is 1. The molecule has 1 aliphatic rings. The van der Waals surface area contributed by atoms with Gasteiger partial charge in [-0.2, -0.15) is 0 Å². The van der Waals surface area contributed by atoms with Crippen molar-refractivity contribution in [1.29, 1.82) is 0 Å². The Morgan fingerprint density at radius 2 is 1.64 bits per heavy atom. The Labute approximate surface area is 227 Å². The van der Waals surface area contributed by atoms with Gasteiger partial charge in [0.15, 0.2) is 0 Å². The summed E-state index contributed by atoms with van der Waals surface area (Å²) < 4.78 is 28.8. The monoisotopic (exact) mass is 545 g/mol. The number of hydrogen-bond donors (Lipinski definition) is 3. The zero-order chi connectivity index (χ0) is 27.4. The number of carbonyl (C=O) groups is 1. The third-order valence-corrected chi connectivity index (χ3v) is 8.16. The lowest BCUT2D eigenvalue weighted by atomic mass is 10.0. The van der Waals surface area contributed by atoms with Crippen molar-refractivity contribution in [2.24, 2.45) is 0 Å². The van der Waals surface area contributed by atoms with Gasteiger partial charge in [-0.05, 0) is 31.0 Å². The second-order valence-corrected chi connectivity index (χ2v) is 11.4. The van der Waals surface area contributed by atoms with Crippen LogP contribution in [-0.2, 0) is 16.4 Å². The highest BCUT2D eigenvalue weighted by atomic mass is 32.2. The normalized spacial score (nSPS) is 15.7. The van der Waals surface area contributed by atoms with Crippen LogP contribution in [0, 0.1) is 0 Å². The van der Waals surface area contributed by atoms with Crippen LogP contribution in [0.5, 0.6) is 0 Å². The van der Waals surface area contributed by atoms with Crippen molar-refractivity contribution in [2.45, 2.75) is 19.4 Å². The number of H-pyrrole nitrogens is 1. The molecule has 202 valence electrons. The molecule has 39 heavy (non-hydrogen) atoms. The quantitative estimate of drug-likeness (QED) is 0.314. The lowest BCUT2D eigenvalue weighted by Gasteiger charge is -2.36. The van der Waals surface area contributed by atoms with Crippen LogP contribution in [0.3, 0.4) is 0 Å². The fraction of sp³-hybridized carbons (Fsp3) is 0.241. The summed E-state index contributed by atoms with van der Waals surface area (Å²) in [6, 6.07) is 25.8. The summed E-state index contributed by atoms with van der Waals surface area (Å²) in [5, 5.41) is 3.38. The van der Waals surface area contributed by atoms with Crippen molar-refractivity contribution in [2.75, 3.05) is 30.1 Å². The SMILES string of the molecule is CCS(=O)(=O)Nc1ccccc1-n1c(-c2ccccc2)c(C(=O)N2CCNCC2Cc2ccccc2)[nH]c1=O. The molecule has 1 unspecified atom stereocenters. The highest BCUT2D eigenvalue weighted by Gasteiger charge is 2.32. The molecule has 1 aromatic heterocycles. The molecule has 0 bridgehead atoms. The van der Waals surface area contributed by atoms with Crippen LogP contribution in [0.4, 0.5) is 5.69 Å². The molecular formula is C29H31N5O4S. The maximum Gasteiger partial charge on any atom is 0.331 e. The number of benzene rings is 3. The third kappa shape index (κ3) is 5.67. The second kappa shape index (κ2) is 11.3. The van der Waals surface area contributed by atoms with Gasteiger partial charge in [0, 0.05) is 31.2 Å². The number of anilines is 1. The first kappa shape index (κ1) is 26.5. The first-order valence-corrected chi connectivity index (χ1v) is 14.6. The number of nitrogens with one attached hydrogen (secondary N) is 3. The summed E-state index contributed by atoms with van der Waals surface area (Å²) in [6.07, 6.45) is 0.673. The number of sulfonamides is 1. The fourth-order valence-electron chi connectivity index (χ4n) is 4.92. The number of hydrogen-bond acceptors (Lipinski definition) is 5. The molecule has 1 saturated heterocycles. The lowest BCUT2D eigenvalue weighted by molar-refractivity contribution is 0.0631. The minimum absolute atomic E-state index is 0.104. The summed E-state index contributed by atoms with van der Waals surface area (Å²) in [5.41, 5.74) is 2.37. The lowest BCUT2D eigenvalue weighted by Crippen LogP contribution is -2.54. The Morgan fingerprint density at radius 3 is 2.36 bits per heavy atom. The topological polar surface area (TPSA) is 116 Å². The van der Waals surface area contributed by atoms with Crippen LogP contribution in [0.2, 0.25) is 0 Å². The molecule has 1 amide bonds. The molecule has 0 radical (unpaired) electrons. The molecule has 0 aliphatic carbocycles. The predicted molar refractivity (Wildman–Crippen MR) is 153 cm³/mol. The van der Waals surface area contributed by atoms with E-state index in [1.54, 1.807) is 31.2 Å². The number of imidazole rings is 1. The average molecular weight is 546 g/mol. The zero-order valence-corrected chi connectivity index (χ0v) is 22.4. The Morgan fingerprint density at radius 1 is 0.974 bits per heavy atom. The van der Waals surface area contributed by atoms with Crippen molar-refractivity contribution in [1.82, 2.24) is 19.8 Å². The number of nitrogens with zero attached hydrogens (tertiary/aromatic N) is 2. The predicted octanol–water partition coefficient (Wildman–Crippen LogP) is 3.25. The van der Waals surface area contributed by atoms with Gasteiger partial charge in [0.05, 0.1) is 22.8 Å². The van der Waals surface area contributed by atoms with Crippen LogP contribution in [0.25, 0.3) is 16.9 Å². The molecule has 2 heterocycles. The highest BCUT2D eigenvalue weighted by Crippen LogP contribution is 2.30. The molecule has 9 nitrogen and oxygen atoms in total. The Balaban J connectivity index is 1.63. The number of para-hydroxylation sites is 2. The first-order valence-electron chi connectivity index (χ1n) is 12.9. The van der Waals surface area contributed by atoms with E-state index in [1.807, 2.05) is 65.6 Å². The van der Waals surface area contributed by atoms with E-state index < -0.39 is 15.7 Å². The largest absolute Gasteiger partial charge is 0.331 e. The molecule has 0 spiro atoms. The van der Waals surface area contributed by atoms with E-state index in [4.69, 9.17) is 0 Å². The molecular weight excluding hydrogens is 514 g/mol. The molecule has 3 N–H and O–H groups in total. The molecule has 1 fully saturated rings. The zero-order valence-electron chi connectivity index (χ0n) is 21.6. The van der Waals surface area contributed by atoms with E-state index >= 15 is 0 Å². The minimum Gasteiger partial charge on any atom is -0.331 e. The van der Waals surface area contributed by atoms with Gasteiger partial charge in [0.25, 0.3) is 5.91 Å². The van der Waals surface area contributed by atoms with Gasteiger partial charge in [-0.1, -0.05) is 72.8 Å². The Bertz CT molecular complexity index is 1610. The maximum atomic E-state index is 14.2. The Kier molecular flexibility index (Phi) is 7.67. The highest BCUT2D eigenvalue weighted by molar-refractivity contribution is 7.92. The van der Waals surface area contributed by atoms with Crippen molar-refractivity contribution in [3.05, 3.63) is 107 Å². The van der Waals surface area contributed by atoms with Crippen LogP contribution in [0.15, 0.2) is 89.7 Å². The van der Waals surface area contributed by atoms with Gasteiger partial charge in [0.1, 0.15) is 5.69 Å². The molecule has 1 atom stereocenters. The van der Waals surface area contributed by atoms with E-state index in [1.165, 1.54) is 4.57 Å². The molecule has 1 aliphatic heterocycles. The first-order chi connectivity index (χ1) is 18.9. The average Bonchev–Trinajstić information content (AvgIpc) is 3.31. The maximum absolute atomic E-state index is 14.2. The number of rotatable bonds is 8. The number of carbonyl (C=O) groups excluding carboxylic acids is 1. The van der Waals surface area contributed by atoms with Crippen molar-refractivity contribution in [3.63, 3.8) is 0 Å². The minimum atomic E-state index is -3.61. The molecule has 10 heteroatoms. The van der Waals surface area contributed by atoms with E-state index in [0.717, 1.165) is 5.56 Å². The van der Waals surface area contributed by atoms with Crippen molar-refractivity contribution < 1.29 is 13.2 Å². The fourth-order valence-corrected chi connectivity index (χ4v) is 5.58. The number of piperazine rings is 1. The van der Waals surface area contributed by atoms with Crippen molar-refractivity contribution in [3.8, 4) is 16.9 Å². The smallest absolute Gasteiger partial charge is 0.331 e. The van der Waals surface area contributed by atoms with E-state index in [-0.39, 0.29) is 29.1 Å². The van der Waals surface area contributed by atoms with Crippen LogP contribution in [-0.4, -0.2) is 60.2 Å². The molecule has 5 rings (SSSR count). The number of aromatic nitrogens is 2. The summed E-state index contributed by atoms with van der Waals surface area (Å²) in [6.45, 7) is 3.31. The van der Waals surface area contributed by atoms with Gasteiger partial charge in [-0.3, -0.25) is 14.1 Å². The van der Waals surface area contributed by atoms with Gasteiger partial charge >= 0.3 is 5.69 Å². The van der Waals surface area contributed by atoms with E-state index in [2.05, 4.69) is 15.0 Å². The van der Waals surface area contributed by atoms with Gasteiger partial charge in [-0.15, -0.1) is 0 Å². The van der Waals surface area contributed by atoms with Crippen LogP contribution >= 0.6 is 0 Å². The summed E-state index contributed by atoms with van der Waals surface area (Å²) in [7, 11) is -3.61. The number of aromatic amines is 1. The van der Waals surface area contributed by atoms with Gasteiger partial charge < -0.3 is 15.2 Å². The second-order valence-electron chi connectivity index (χ2n) is 9.42. The van der Waals surface area contributed by atoms with E-state index in [9.17, 15) is 18.0 Å². The molecule has 0 saturated carbocycles. The van der Waals surface area contributed by atoms with Crippen LogP contribution < -0.4 is 15.7 Å². The van der Waals surface area contributed by atoms with Gasteiger partial charge in [-0.25, -0.2) is 13.2 Å². The molecule has 3 aromatic carbocycles. The van der Waals surface area contributed by atoms with Crippen molar-refractivity contribution >= 4 is 21.6 Å². The standard InChI is InChI=1S/C29H31N5O4S/c1-2-39(37,38)32-24-15-9-10-16-25(24)34-27(22-13-7-4-8-14-22)26(31-29(34)36)28(35)33-18-17-30-20-23(33)19-21-11-5-3-6-12-21/h3-16,23,30,32H,2,17-20H2,1H3,(H,31,36). The summed E-state index contributed by atoms with van der Waals surface area (Å²) in [4.78, 5) is 32.3. The van der Waals surface area contributed by atoms with Crippen LogP contribution in [0.1, 0.15) is 23.0 Å². The summed E-state index contributed by atoms with van der Waals surface area (Å²) >= 11 is 0. The van der Waals surface area contributed by atoms with Gasteiger partial charge in [0.2, 0.25) is 10.0 Å². The molecule has 4 aromatic rings. The third-order valence-electron chi connectivity index (χ3n) is 6.87. The van der Waals surface area contributed by atoms with E-state index in [0.29, 0.717) is 43.0 Å². The summed E-state index contributed by atoms with van der Waals surface area (Å²) in [5.74, 6) is -0.400.